The van der Waals surface area contributed by atoms with E-state index in [0.717, 1.165) is 11.3 Å². The zero-order chi connectivity index (χ0) is 14.6. The first kappa shape index (κ1) is 14.8. The van der Waals surface area contributed by atoms with Gasteiger partial charge in [-0.15, -0.1) is 0 Å². The van der Waals surface area contributed by atoms with Crippen molar-refractivity contribution in [1.29, 1.82) is 0 Å². The minimum atomic E-state index is -3.68. The molecule has 0 spiro atoms. The van der Waals surface area contributed by atoms with E-state index in [1.165, 1.54) is 0 Å². The molecule has 0 aliphatic rings. The quantitative estimate of drug-likeness (QED) is 0.768. The zero-order valence-electron chi connectivity index (χ0n) is 11.6. The average Bonchev–Trinajstić information content (AvgIpc) is 2.90. The van der Waals surface area contributed by atoms with E-state index in [4.69, 9.17) is 8.60 Å². The van der Waals surface area contributed by atoms with Gasteiger partial charge in [0.1, 0.15) is 5.76 Å². The molecule has 0 bridgehead atoms. The second kappa shape index (κ2) is 6.24. The molecule has 0 radical (unpaired) electrons. The SMILES string of the molecule is Cc1ccc(S(=O)(=O)OCC(C)Cc2ccco2)cc1. The molecule has 108 valence electrons. The van der Waals surface area contributed by atoms with Crippen molar-refractivity contribution >= 4 is 10.1 Å². The molecule has 2 rings (SSSR count). The number of hydrogen-bond donors (Lipinski definition) is 0. The van der Waals surface area contributed by atoms with E-state index in [-0.39, 0.29) is 17.4 Å². The Morgan fingerprint density at radius 3 is 2.50 bits per heavy atom. The minimum Gasteiger partial charge on any atom is -0.469 e. The number of furan rings is 1. The molecule has 2 aromatic rings. The number of aryl methyl sites for hydroxylation is 1. The molecule has 1 atom stereocenters. The Hall–Kier alpha value is -1.59. The highest BCUT2D eigenvalue weighted by molar-refractivity contribution is 7.86. The average molecular weight is 294 g/mol. The number of hydrogen-bond acceptors (Lipinski definition) is 4. The topological polar surface area (TPSA) is 56.5 Å². The molecule has 20 heavy (non-hydrogen) atoms. The summed E-state index contributed by atoms with van der Waals surface area (Å²) < 4.78 is 34.3. The van der Waals surface area contributed by atoms with Gasteiger partial charge < -0.3 is 4.42 Å². The van der Waals surface area contributed by atoms with Crippen LogP contribution in [-0.4, -0.2) is 15.0 Å². The normalized spacial score (nSPS) is 13.3. The lowest BCUT2D eigenvalue weighted by atomic mass is 10.1. The van der Waals surface area contributed by atoms with Gasteiger partial charge in [0, 0.05) is 6.42 Å². The van der Waals surface area contributed by atoms with Gasteiger partial charge in [-0.25, -0.2) is 0 Å². The summed E-state index contributed by atoms with van der Waals surface area (Å²) in [4.78, 5) is 0.188. The second-order valence-corrected chi connectivity index (χ2v) is 6.56. The summed E-state index contributed by atoms with van der Waals surface area (Å²) in [5.74, 6) is 0.884. The van der Waals surface area contributed by atoms with Crippen molar-refractivity contribution in [2.75, 3.05) is 6.61 Å². The van der Waals surface area contributed by atoms with Gasteiger partial charge in [-0.1, -0.05) is 24.6 Å². The van der Waals surface area contributed by atoms with Gasteiger partial charge in [0.15, 0.2) is 0 Å². The largest absolute Gasteiger partial charge is 0.469 e. The van der Waals surface area contributed by atoms with Crippen molar-refractivity contribution in [1.82, 2.24) is 0 Å². The van der Waals surface area contributed by atoms with Crippen LogP contribution >= 0.6 is 0 Å². The maximum absolute atomic E-state index is 12.0. The van der Waals surface area contributed by atoms with Crippen molar-refractivity contribution in [2.24, 2.45) is 5.92 Å². The Morgan fingerprint density at radius 2 is 1.90 bits per heavy atom. The summed E-state index contributed by atoms with van der Waals surface area (Å²) in [6.07, 6.45) is 2.25. The fourth-order valence-electron chi connectivity index (χ4n) is 1.81. The Labute approximate surface area is 119 Å². The van der Waals surface area contributed by atoms with Gasteiger partial charge in [-0.3, -0.25) is 4.18 Å². The fourth-order valence-corrected chi connectivity index (χ4v) is 2.83. The Balaban J connectivity index is 1.93. The van der Waals surface area contributed by atoms with Crippen LogP contribution in [0.25, 0.3) is 0 Å². The van der Waals surface area contributed by atoms with Crippen molar-refractivity contribution in [2.45, 2.75) is 25.2 Å². The lowest BCUT2D eigenvalue weighted by Gasteiger charge is -2.11. The second-order valence-electron chi connectivity index (χ2n) is 4.94. The Morgan fingerprint density at radius 1 is 1.20 bits per heavy atom. The molecule has 0 aliphatic heterocycles. The molecular formula is C15H18O4S. The van der Waals surface area contributed by atoms with Crippen molar-refractivity contribution in [3.05, 3.63) is 54.0 Å². The summed E-state index contributed by atoms with van der Waals surface area (Å²) in [7, 11) is -3.68. The molecule has 0 amide bonds. The van der Waals surface area contributed by atoms with E-state index in [1.807, 2.05) is 26.0 Å². The van der Waals surface area contributed by atoms with E-state index in [2.05, 4.69) is 0 Å². The smallest absolute Gasteiger partial charge is 0.296 e. The molecule has 5 heteroatoms. The van der Waals surface area contributed by atoms with Crippen LogP contribution in [0.3, 0.4) is 0 Å². The van der Waals surface area contributed by atoms with Gasteiger partial charge in [0.2, 0.25) is 0 Å². The van der Waals surface area contributed by atoms with Gasteiger partial charge >= 0.3 is 0 Å². The van der Waals surface area contributed by atoms with Crippen molar-refractivity contribution < 1.29 is 17.0 Å². The first-order valence-corrected chi connectivity index (χ1v) is 7.86. The van der Waals surface area contributed by atoms with E-state index >= 15 is 0 Å². The van der Waals surface area contributed by atoms with E-state index in [0.29, 0.717) is 6.42 Å². The predicted molar refractivity (Wildman–Crippen MR) is 75.9 cm³/mol. The standard InChI is InChI=1S/C15H18O4S/c1-12-5-7-15(8-6-12)20(16,17)19-11-13(2)10-14-4-3-9-18-14/h3-9,13H,10-11H2,1-2H3. The van der Waals surface area contributed by atoms with Gasteiger partial charge in [0.05, 0.1) is 17.8 Å². The summed E-state index contributed by atoms with van der Waals surface area (Å²) in [5, 5.41) is 0. The lowest BCUT2D eigenvalue weighted by molar-refractivity contribution is 0.257. The molecular weight excluding hydrogens is 276 g/mol. The molecule has 0 saturated carbocycles. The summed E-state index contributed by atoms with van der Waals surface area (Å²) >= 11 is 0. The first-order valence-electron chi connectivity index (χ1n) is 6.46. The molecule has 0 fully saturated rings. The van der Waals surface area contributed by atoms with Crippen LogP contribution in [0.4, 0.5) is 0 Å². The highest BCUT2D eigenvalue weighted by Gasteiger charge is 2.17. The summed E-state index contributed by atoms with van der Waals surface area (Å²) in [5.41, 5.74) is 1.01. The van der Waals surface area contributed by atoms with Crippen LogP contribution in [0.15, 0.2) is 52.0 Å². The van der Waals surface area contributed by atoms with Gasteiger partial charge in [-0.05, 0) is 37.1 Å². The first-order chi connectivity index (χ1) is 9.47. The Kier molecular flexibility index (Phi) is 4.62. The molecule has 1 heterocycles. The zero-order valence-corrected chi connectivity index (χ0v) is 12.4. The van der Waals surface area contributed by atoms with Gasteiger partial charge in [0.25, 0.3) is 10.1 Å². The maximum Gasteiger partial charge on any atom is 0.296 e. The molecule has 1 aromatic carbocycles. The highest BCUT2D eigenvalue weighted by Crippen LogP contribution is 2.16. The minimum absolute atomic E-state index is 0.0568. The Bertz CT molecular complexity index is 627. The van der Waals surface area contributed by atoms with Crippen LogP contribution in [0.5, 0.6) is 0 Å². The third-order valence-corrected chi connectivity index (χ3v) is 4.24. The van der Waals surface area contributed by atoms with Crippen LogP contribution in [0.2, 0.25) is 0 Å². The molecule has 4 nitrogen and oxygen atoms in total. The van der Waals surface area contributed by atoms with E-state index in [9.17, 15) is 8.42 Å². The number of rotatable bonds is 6. The fraction of sp³-hybridized carbons (Fsp3) is 0.333. The number of benzene rings is 1. The van der Waals surface area contributed by atoms with Gasteiger partial charge in [-0.2, -0.15) is 8.42 Å². The third kappa shape index (κ3) is 3.95. The molecule has 0 aliphatic carbocycles. The van der Waals surface area contributed by atoms with Crippen LogP contribution in [-0.2, 0) is 20.7 Å². The summed E-state index contributed by atoms with van der Waals surface area (Å²) in [6.45, 7) is 3.97. The maximum atomic E-state index is 12.0. The van der Waals surface area contributed by atoms with Crippen molar-refractivity contribution in [3.63, 3.8) is 0 Å². The molecule has 1 unspecified atom stereocenters. The van der Waals surface area contributed by atoms with E-state index in [1.54, 1.807) is 30.5 Å². The van der Waals surface area contributed by atoms with Crippen LogP contribution in [0, 0.1) is 12.8 Å². The molecule has 1 aromatic heterocycles. The summed E-state index contributed by atoms with van der Waals surface area (Å²) in [6, 6.07) is 10.3. The van der Waals surface area contributed by atoms with Crippen LogP contribution < -0.4 is 0 Å². The lowest BCUT2D eigenvalue weighted by Crippen LogP contribution is -2.14. The molecule has 0 saturated heterocycles. The van der Waals surface area contributed by atoms with Crippen LogP contribution in [0.1, 0.15) is 18.2 Å². The predicted octanol–water partition coefficient (Wildman–Crippen LogP) is 3.17. The molecule has 0 N–H and O–H groups in total. The van der Waals surface area contributed by atoms with Crippen molar-refractivity contribution in [3.8, 4) is 0 Å². The monoisotopic (exact) mass is 294 g/mol. The van der Waals surface area contributed by atoms with E-state index < -0.39 is 10.1 Å². The third-order valence-electron chi connectivity index (χ3n) is 2.95. The highest BCUT2D eigenvalue weighted by atomic mass is 32.2.